The molecule has 0 spiro atoms. The Morgan fingerprint density at radius 1 is 0.863 bits per heavy atom. The van der Waals surface area contributed by atoms with Gasteiger partial charge < -0.3 is 102 Å². The second-order valence-corrected chi connectivity index (χ2v) is 18.4. The summed E-state index contributed by atoms with van der Waals surface area (Å²) in [5, 5.41) is 94.7. The van der Waals surface area contributed by atoms with Crippen molar-refractivity contribution in [3.05, 3.63) is 48.0 Å². The predicted octanol–water partition coefficient (Wildman–Crippen LogP) is -6.30. The van der Waals surface area contributed by atoms with Crippen molar-refractivity contribution in [2.75, 3.05) is 26.3 Å². The van der Waals surface area contributed by atoms with Crippen LogP contribution in [0, 0.1) is 5.92 Å². The number of ether oxygens (including phenoxy) is 4. The summed E-state index contributed by atoms with van der Waals surface area (Å²) in [5.74, 6) is -6.83. The van der Waals surface area contributed by atoms with E-state index in [0.29, 0.717) is 17.7 Å². The Bertz CT molecular complexity index is 2190. The Kier molecular flexibility index (Phi) is 20.9. The van der Waals surface area contributed by atoms with Crippen LogP contribution in [0.4, 0.5) is 0 Å². The first-order valence-electron chi connectivity index (χ1n) is 23.6. The van der Waals surface area contributed by atoms with E-state index in [1.807, 2.05) is 0 Å². The highest BCUT2D eigenvalue weighted by atomic mass is 16.7. The second-order valence-electron chi connectivity index (χ2n) is 18.4. The lowest BCUT2D eigenvalue weighted by molar-refractivity contribution is -0.347. The summed E-state index contributed by atoms with van der Waals surface area (Å²) in [6.45, 7) is 3.32. The Morgan fingerprint density at radius 2 is 1.52 bits per heavy atom. The number of amides is 6. The number of carboxylic acid groups (broad SMARTS) is 1. The van der Waals surface area contributed by atoms with Gasteiger partial charge in [-0.1, -0.05) is 26.0 Å². The lowest BCUT2D eigenvalue weighted by Gasteiger charge is -2.48. The third kappa shape index (κ3) is 15.1. The average Bonchev–Trinajstić information content (AvgIpc) is 4.07. The Hall–Kier alpha value is -5.92. The molecule has 0 bridgehead atoms. The molecule has 0 radical (unpaired) electrons. The molecule has 3 saturated heterocycles. The fraction of sp³-hybridized carbons (Fsp3) is 0.644. The van der Waals surface area contributed by atoms with Gasteiger partial charge >= 0.3 is 5.97 Å². The fourth-order valence-corrected chi connectivity index (χ4v) is 8.49. The number of nitrogens with two attached hydrogens (primary N) is 1. The summed E-state index contributed by atoms with van der Waals surface area (Å²) in [4.78, 5) is 102. The van der Waals surface area contributed by atoms with E-state index in [9.17, 15) is 74.4 Å². The number of aromatic hydroxyl groups is 1. The van der Waals surface area contributed by atoms with Gasteiger partial charge in [-0.25, -0.2) is 9.78 Å². The van der Waals surface area contributed by atoms with Crippen LogP contribution in [0.2, 0.25) is 0 Å². The van der Waals surface area contributed by atoms with Gasteiger partial charge in [0, 0.05) is 38.2 Å². The number of aliphatic hydroxyl groups is 6. The molecule has 28 nitrogen and oxygen atoms in total. The van der Waals surface area contributed by atoms with Crippen molar-refractivity contribution >= 4 is 41.4 Å². The number of imidazole rings is 1. The highest BCUT2D eigenvalue weighted by Gasteiger charge is 2.52. The van der Waals surface area contributed by atoms with E-state index in [-0.39, 0.29) is 31.6 Å². The van der Waals surface area contributed by atoms with Gasteiger partial charge in [0.2, 0.25) is 35.4 Å². The second kappa shape index (κ2) is 26.3. The van der Waals surface area contributed by atoms with E-state index >= 15 is 0 Å². The number of aliphatic hydroxyl groups excluding tert-OH is 6. The molecule has 16 unspecified atom stereocenters. The molecule has 3 fully saturated rings. The average molecular weight is 1040 g/mol. The molecule has 4 heterocycles. The van der Waals surface area contributed by atoms with Crippen LogP contribution in [0.25, 0.3) is 0 Å². The molecule has 0 saturated carbocycles. The van der Waals surface area contributed by atoms with Gasteiger partial charge in [0.25, 0.3) is 0 Å². The Balaban J connectivity index is 1.37. The number of carbonyl (C=O) groups excluding carboxylic acids is 6. The third-order valence-electron chi connectivity index (χ3n) is 12.6. The van der Waals surface area contributed by atoms with Gasteiger partial charge in [0.15, 0.2) is 12.6 Å². The summed E-state index contributed by atoms with van der Waals surface area (Å²) in [6.07, 6.45) is -14.5. The molecule has 3 aliphatic heterocycles. The standard InChI is InChI=1S/C45H67N9O19/c1-19(2)31(46)40(65)53-32(20(3)70-44-33(50-21(4)57)38(35(61)29(17-56)71-44)73-45-37(63)36(62)34(60)28(16-55)72-45)41(66)52-25(13-23-14-47-18-49-23)42(67)54-11-5-6-27(54)39(64)48-15-30(59)51-26(43(68)69)12-22-7-9-24(58)10-8-22/h7-10,14,18-20,25-29,31-38,44-45,55-56,58,60-63H,5-6,11-13,15-17,46H2,1-4H3,(H,47,49)(H,48,64)(H,50,57)(H,51,59)(H,52,66)(H,53,65)(H,68,69). The number of benzene rings is 1. The van der Waals surface area contributed by atoms with E-state index in [4.69, 9.17) is 24.7 Å². The van der Waals surface area contributed by atoms with Crippen LogP contribution < -0.4 is 32.3 Å². The van der Waals surface area contributed by atoms with Crippen LogP contribution in [0.3, 0.4) is 0 Å². The molecular formula is C45H67N9O19. The minimum absolute atomic E-state index is 0.0306. The lowest BCUT2D eigenvalue weighted by Crippen LogP contribution is -2.69. The maximum Gasteiger partial charge on any atom is 0.326 e. The van der Waals surface area contributed by atoms with Crippen molar-refractivity contribution in [2.24, 2.45) is 11.7 Å². The number of nitrogens with one attached hydrogen (secondary N) is 6. The van der Waals surface area contributed by atoms with Crippen molar-refractivity contribution < 1.29 is 93.4 Å². The van der Waals surface area contributed by atoms with Crippen LogP contribution in [0.15, 0.2) is 36.8 Å². The summed E-state index contributed by atoms with van der Waals surface area (Å²) in [5.41, 5.74) is 7.04. The molecule has 5 rings (SSSR count). The highest BCUT2D eigenvalue weighted by molar-refractivity contribution is 5.96. The number of hydrogen-bond acceptors (Lipinski definition) is 20. The van der Waals surface area contributed by atoms with Gasteiger partial charge in [-0.2, -0.15) is 0 Å². The summed E-state index contributed by atoms with van der Waals surface area (Å²) >= 11 is 0. The number of H-pyrrole nitrogens is 1. The molecule has 16 atom stereocenters. The van der Waals surface area contributed by atoms with Crippen LogP contribution in [-0.2, 0) is 65.4 Å². The SMILES string of the molecule is CC(=O)NC1C(OC(C)C(NC(=O)C(N)C(C)C)C(=O)NC(Cc2cnc[nH]2)C(=O)N2CCCC2C(=O)NCC(=O)NC(Cc2ccc(O)cc2)C(=O)O)OC(CO)C(O)C1OC1OC(CO)C(O)C(O)C1O. The number of phenols is 1. The van der Waals surface area contributed by atoms with Crippen molar-refractivity contribution in [3.63, 3.8) is 0 Å². The molecule has 28 heteroatoms. The van der Waals surface area contributed by atoms with Gasteiger partial charge in [-0.05, 0) is 43.4 Å². The van der Waals surface area contributed by atoms with Gasteiger partial charge in [-0.3, -0.25) is 28.8 Å². The molecule has 6 amide bonds. The van der Waals surface area contributed by atoms with E-state index in [1.165, 1.54) is 48.6 Å². The van der Waals surface area contributed by atoms with Crippen LogP contribution in [-0.4, -0.2) is 221 Å². The normalized spacial score (nSPS) is 28.2. The zero-order valence-corrected chi connectivity index (χ0v) is 40.5. The van der Waals surface area contributed by atoms with Crippen molar-refractivity contribution in [2.45, 2.75) is 151 Å². The monoisotopic (exact) mass is 1040 g/mol. The fourth-order valence-electron chi connectivity index (χ4n) is 8.49. The molecule has 1 aromatic heterocycles. The van der Waals surface area contributed by atoms with Crippen molar-refractivity contribution in [1.82, 2.24) is 41.5 Å². The molecule has 73 heavy (non-hydrogen) atoms. The molecule has 3 aliphatic rings. The minimum Gasteiger partial charge on any atom is -0.508 e. The number of hydrogen-bond donors (Lipinski definition) is 15. The van der Waals surface area contributed by atoms with Crippen LogP contribution in [0.1, 0.15) is 51.8 Å². The number of aliphatic carboxylic acids is 1. The topological polar surface area (TPSA) is 436 Å². The predicted molar refractivity (Wildman–Crippen MR) is 247 cm³/mol. The maximum atomic E-state index is 14.6. The van der Waals surface area contributed by atoms with Gasteiger partial charge in [0.1, 0.15) is 78.7 Å². The molecular weight excluding hydrogens is 971 g/mol. The number of nitrogens with zero attached hydrogens (tertiary/aromatic N) is 2. The zero-order valence-electron chi connectivity index (χ0n) is 40.5. The first-order valence-corrected chi connectivity index (χ1v) is 23.6. The van der Waals surface area contributed by atoms with Crippen LogP contribution >= 0.6 is 0 Å². The summed E-state index contributed by atoms with van der Waals surface area (Å²) < 4.78 is 23.5. The minimum atomic E-state index is -1.97. The number of carbonyl (C=O) groups is 7. The third-order valence-corrected chi connectivity index (χ3v) is 12.6. The molecule has 1 aromatic carbocycles. The van der Waals surface area contributed by atoms with E-state index < -0.39 is 165 Å². The largest absolute Gasteiger partial charge is 0.508 e. The van der Waals surface area contributed by atoms with Crippen LogP contribution in [0.5, 0.6) is 5.75 Å². The molecule has 406 valence electrons. The quantitative estimate of drug-likeness (QED) is 0.0492. The maximum absolute atomic E-state index is 14.6. The number of aromatic amines is 1. The molecule has 0 aliphatic carbocycles. The van der Waals surface area contributed by atoms with Crippen molar-refractivity contribution in [3.8, 4) is 5.75 Å². The smallest absolute Gasteiger partial charge is 0.326 e. The first kappa shape index (κ1) is 58.0. The zero-order chi connectivity index (χ0) is 53.8. The number of aromatic nitrogens is 2. The van der Waals surface area contributed by atoms with Gasteiger partial charge in [-0.15, -0.1) is 0 Å². The Morgan fingerprint density at radius 3 is 2.12 bits per heavy atom. The van der Waals surface area contributed by atoms with E-state index in [2.05, 4.69) is 36.6 Å². The number of likely N-dealkylation sites (tertiary alicyclic amines) is 1. The lowest BCUT2D eigenvalue weighted by atomic mass is 9.95. The highest BCUT2D eigenvalue weighted by Crippen LogP contribution is 2.31. The summed E-state index contributed by atoms with van der Waals surface area (Å²) in [6, 6.07) is -2.84. The van der Waals surface area contributed by atoms with E-state index in [0.717, 1.165) is 6.92 Å². The molecule has 16 N–H and O–H groups in total. The summed E-state index contributed by atoms with van der Waals surface area (Å²) in [7, 11) is 0. The number of phenolic OH excluding ortho intramolecular Hbond substituents is 1. The number of carboxylic acids is 1. The van der Waals surface area contributed by atoms with Crippen molar-refractivity contribution in [1.29, 1.82) is 0 Å². The first-order chi connectivity index (χ1) is 34.5. The number of rotatable bonds is 23. The van der Waals surface area contributed by atoms with E-state index in [1.54, 1.807) is 13.8 Å². The Labute approximate surface area is 418 Å². The molecule has 2 aromatic rings. The van der Waals surface area contributed by atoms with Gasteiger partial charge in [0.05, 0.1) is 38.2 Å².